The maximum atomic E-state index is 11.7. The summed E-state index contributed by atoms with van der Waals surface area (Å²) >= 11 is 0. The van der Waals surface area contributed by atoms with E-state index in [1.54, 1.807) is 6.07 Å². The number of para-hydroxylation sites is 2. The highest BCUT2D eigenvalue weighted by Gasteiger charge is 2.28. The minimum Gasteiger partial charge on any atom is -0.486 e. The van der Waals surface area contributed by atoms with Crippen molar-refractivity contribution in [1.29, 1.82) is 0 Å². The average Bonchev–Trinajstić information content (AvgIpc) is 2.88. The molecule has 0 saturated carbocycles. The standard InChI is InChI=1S/C30H30N2O3/c1-20-24(30(33)34)12-8-15-27(20)32-19-23(35-29-16-6-5-14-28(29)32)17-18-31-21(2)25-13-7-10-22-9-3-4-11-26(22)25/h3-16,21,23,31H,17-19H2,1-2H3,(H,33,34)/t21-,23?/m1/s1. The number of hydrogen-bond donors (Lipinski definition) is 2. The molecule has 0 saturated heterocycles. The number of anilines is 2. The fourth-order valence-electron chi connectivity index (χ4n) is 5.02. The van der Waals surface area contributed by atoms with Crippen molar-refractivity contribution in [1.82, 2.24) is 5.32 Å². The minimum absolute atomic E-state index is 0.0231. The molecular weight excluding hydrogens is 436 g/mol. The Kier molecular flexibility index (Phi) is 6.43. The molecule has 1 aliphatic rings. The molecule has 0 aromatic heterocycles. The molecule has 0 radical (unpaired) electrons. The SMILES string of the molecule is Cc1c(C(=O)O)cccc1N1CC(CCN[C@H](C)c2cccc3ccccc23)Oc2ccccc21. The zero-order valence-corrected chi connectivity index (χ0v) is 20.1. The van der Waals surface area contributed by atoms with Crippen LogP contribution in [0.2, 0.25) is 0 Å². The van der Waals surface area contributed by atoms with Gasteiger partial charge in [0.2, 0.25) is 0 Å². The molecule has 5 rings (SSSR count). The predicted octanol–water partition coefficient (Wildman–Crippen LogP) is 6.49. The molecule has 35 heavy (non-hydrogen) atoms. The third kappa shape index (κ3) is 4.60. The molecule has 1 unspecified atom stereocenters. The van der Waals surface area contributed by atoms with Crippen LogP contribution in [0.25, 0.3) is 10.8 Å². The Labute approximate surface area is 206 Å². The number of nitrogens with one attached hydrogen (secondary N) is 1. The van der Waals surface area contributed by atoms with Gasteiger partial charge < -0.3 is 20.1 Å². The van der Waals surface area contributed by atoms with E-state index in [2.05, 4.69) is 59.6 Å². The van der Waals surface area contributed by atoms with E-state index in [-0.39, 0.29) is 12.1 Å². The number of nitrogens with zero attached hydrogens (tertiary/aromatic N) is 1. The Balaban J connectivity index is 1.33. The smallest absolute Gasteiger partial charge is 0.336 e. The molecule has 4 aromatic carbocycles. The summed E-state index contributed by atoms with van der Waals surface area (Å²) in [5.74, 6) is -0.0833. The molecule has 1 heterocycles. The van der Waals surface area contributed by atoms with Gasteiger partial charge >= 0.3 is 5.97 Å². The first-order chi connectivity index (χ1) is 17.0. The molecule has 2 N–H and O–H groups in total. The Morgan fingerprint density at radius 1 is 1.00 bits per heavy atom. The lowest BCUT2D eigenvalue weighted by atomic mass is 9.99. The van der Waals surface area contributed by atoms with Crippen LogP contribution in [0.1, 0.15) is 40.9 Å². The van der Waals surface area contributed by atoms with Crippen LogP contribution in [0, 0.1) is 6.92 Å². The predicted molar refractivity (Wildman–Crippen MR) is 141 cm³/mol. The van der Waals surface area contributed by atoms with Gasteiger partial charge in [-0.05, 0) is 73.0 Å². The van der Waals surface area contributed by atoms with Gasteiger partial charge in [0.25, 0.3) is 0 Å². The number of carbonyl (C=O) groups is 1. The summed E-state index contributed by atoms with van der Waals surface area (Å²) in [5.41, 5.74) is 4.25. The summed E-state index contributed by atoms with van der Waals surface area (Å²) in [7, 11) is 0. The number of ether oxygens (including phenoxy) is 1. The van der Waals surface area contributed by atoms with Crippen LogP contribution in [0.4, 0.5) is 11.4 Å². The fourth-order valence-corrected chi connectivity index (χ4v) is 5.02. The van der Waals surface area contributed by atoms with Crippen LogP contribution < -0.4 is 15.0 Å². The van der Waals surface area contributed by atoms with Crippen molar-refractivity contribution in [3.8, 4) is 5.75 Å². The Morgan fingerprint density at radius 3 is 2.57 bits per heavy atom. The molecule has 178 valence electrons. The molecule has 2 atom stereocenters. The lowest BCUT2D eigenvalue weighted by Crippen LogP contribution is -2.39. The minimum atomic E-state index is -0.908. The van der Waals surface area contributed by atoms with Gasteiger partial charge in [-0.1, -0.05) is 60.7 Å². The molecule has 0 fully saturated rings. The second-order valence-electron chi connectivity index (χ2n) is 9.11. The van der Waals surface area contributed by atoms with Gasteiger partial charge in [0, 0.05) is 11.7 Å². The molecule has 5 nitrogen and oxygen atoms in total. The topological polar surface area (TPSA) is 61.8 Å². The first-order valence-electron chi connectivity index (χ1n) is 12.1. The van der Waals surface area contributed by atoms with Gasteiger partial charge in [-0.2, -0.15) is 0 Å². The van der Waals surface area contributed by atoms with Gasteiger partial charge in [-0.25, -0.2) is 4.79 Å². The number of carboxylic acid groups (broad SMARTS) is 1. The lowest BCUT2D eigenvalue weighted by molar-refractivity contribution is 0.0696. The van der Waals surface area contributed by atoms with Crippen molar-refractivity contribution >= 4 is 28.1 Å². The van der Waals surface area contributed by atoms with Gasteiger partial charge in [0.15, 0.2) is 0 Å². The van der Waals surface area contributed by atoms with E-state index in [9.17, 15) is 9.90 Å². The monoisotopic (exact) mass is 466 g/mol. The lowest BCUT2D eigenvalue weighted by Gasteiger charge is -2.37. The maximum absolute atomic E-state index is 11.7. The third-order valence-electron chi connectivity index (χ3n) is 6.87. The molecule has 0 spiro atoms. The second kappa shape index (κ2) is 9.80. The number of fused-ring (bicyclic) bond motifs is 2. The van der Waals surface area contributed by atoms with E-state index in [4.69, 9.17) is 4.74 Å². The van der Waals surface area contributed by atoms with Crippen molar-refractivity contribution in [2.45, 2.75) is 32.4 Å². The normalized spacial score (nSPS) is 15.9. The first kappa shape index (κ1) is 22.9. The zero-order chi connectivity index (χ0) is 24.4. The number of hydrogen-bond acceptors (Lipinski definition) is 4. The molecule has 4 aromatic rings. The maximum Gasteiger partial charge on any atom is 0.336 e. The van der Waals surface area contributed by atoms with Crippen LogP contribution in [0.3, 0.4) is 0 Å². The van der Waals surface area contributed by atoms with E-state index in [0.29, 0.717) is 12.1 Å². The highest BCUT2D eigenvalue weighted by Crippen LogP contribution is 2.40. The van der Waals surface area contributed by atoms with Crippen molar-refractivity contribution in [2.24, 2.45) is 0 Å². The van der Waals surface area contributed by atoms with E-state index in [1.165, 1.54) is 16.3 Å². The number of aromatic carboxylic acids is 1. The van der Waals surface area contributed by atoms with Crippen LogP contribution >= 0.6 is 0 Å². The summed E-state index contributed by atoms with van der Waals surface area (Å²) in [5, 5.41) is 15.8. The van der Waals surface area contributed by atoms with Crippen LogP contribution in [0.5, 0.6) is 5.75 Å². The largest absolute Gasteiger partial charge is 0.486 e. The van der Waals surface area contributed by atoms with Gasteiger partial charge in [0.05, 0.1) is 17.8 Å². The van der Waals surface area contributed by atoms with Crippen molar-refractivity contribution in [3.05, 3.63) is 102 Å². The van der Waals surface area contributed by atoms with Crippen molar-refractivity contribution < 1.29 is 14.6 Å². The number of benzene rings is 4. The average molecular weight is 467 g/mol. The molecule has 1 aliphatic heterocycles. The van der Waals surface area contributed by atoms with Crippen LogP contribution in [0.15, 0.2) is 84.9 Å². The van der Waals surface area contributed by atoms with Gasteiger partial charge in [-0.15, -0.1) is 0 Å². The summed E-state index contributed by atoms with van der Waals surface area (Å²) in [6.07, 6.45) is 0.808. The summed E-state index contributed by atoms with van der Waals surface area (Å²) in [6, 6.07) is 28.6. The Morgan fingerprint density at radius 2 is 1.71 bits per heavy atom. The third-order valence-corrected chi connectivity index (χ3v) is 6.87. The Hall–Kier alpha value is -3.83. The molecule has 5 heteroatoms. The second-order valence-corrected chi connectivity index (χ2v) is 9.11. The zero-order valence-electron chi connectivity index (χ0n) is 20.1. The number of rotatable bonds is 7. The van der Waals surface area contributed by atoms with Crippen molar-refractivity contribution in [3.63, 3.8) is 0 Å². The highest BCUT2D eigenvalue weighted by atomic mass is 16.5. The van der Waals surface area contributed by atoms with E-state index in [0.717, 1.165) is 35.7 Å². The first-order valence-corrected chi connectivity index (χ1v) is 12.1. The van der Waals surface area contributed by atoms with E-state index >= 15 is 0 Å². The van der Waals surface area contributed by atoms with E-state index < -0.39 is 5.97 Å². The van der Waals surface area contributed by atoms with Crippen LogP contribution in [-0.2, 0) is 0 Å². The van der Waals surface area contributed by atoms with Gasteiger partial charge in [0.1, 0.15) is 11.9 Å². The molecule has 0 aliphatic carbocycles. The quantitative estimate of drug-likeness (QED) is 0.326. The van der Waals surface area contributed by atoms with Crippen molar-refractivity contribution in [2.75, 3.05) is 18.0 Å². The summed E-state index contributed by atoms with van der Waals surface area (Å²) < 4.78 is 6.36. The molecule has 0 bridgehead atoms. The number of carboxylic acids is 1. The molecule has 0 amide bonds. The summed E-state index contributed by atoms with van der Waals surface area (Å²) in [6.45, 7) is 5.54. The fraction of sp³-hybridized carbons (Fsp3) is 0.233. The van der Waals surface area contributed by atoms with E-state index in [1.807, 2.05) is 43.3 Å². The highest BCUT2D eigenvalue weighted by molar-refractivity contribution is 5.92. The molecular formula is C30H30N2O3. The van der Waals surface area contributed by atoms with Crippen LogP contribution in [-0.4, -0.2) is 30.3 Å². The Bertz CT molecular complexity index is 1360. The van der Waals surface area contributed by atoms with Gasteiger partial charge in [-0.3, -0.25) is 0 Å². The summed E-state index contributed by atoms with van der Waals surface area (Å²) in [4.78, 5) is 13.9.